The maximum atomic E-state index is 13.1. The summed E-state index contributed by atoms with van der Waals surface area (Å²) in [7, 11) is 1.44. The largest absolute Gasteiger partial charge is 0.454 e. The average Bonchev–Trinajstić information content (AvgIpc) is 2.92. The van der Waals surface area contributed by atoms with Crippen LogP contribution in [0.1, 0.15) is 22.8 Å². The molecule has 1 aliphatic rings. The van der Waals surface area contributed by atoms with Crippen LogP contribution in [-0.2, 0) is 16.0 Å². The highest BCUT2D eigenvalue weighted by Gasteiger charge is 2.27. The average molecular weight is 583 g/mol. The molecule has 2 aromatic carbocycles. The summed E-state index contributed by atoms with van der Waals surface area (Å²) in [6.07, 6.45) is 2.96. The van der Waals surface area contributed by atoms with E-state index >= 15 is 0 Å². The van der Waals surface area contributed by atoms with Crippen molar-refractivity contribution in [2.45, 2.75) is 19.4 Å². The standard InChI is InChI=1S/C27H24Cl2N6O5/c1-3-39-27(38)32-25(36)23(15-30)34(2)33-17-13-21(28)24(22(29)14-17)40-19-4-5-20-16(12-19)8-11-35(26(20)37)18-6-9-31-10-7-18/h4-7,9-10,12-14,23,33H,3,8,11H2,1-2H3,(H,32,36,38). The van der Waals surface area contributed by atoms with Gasteiger partial charge >= 0.3 is 6.09 Å². The minimum absolute atomic E-state index is 0.0738. The lowest BCUT2D eigenvalue weighted by Gasteiger charge is -2.28. The Morgan fingerprint density at radius 1 is 1.18 bits per heavy atom. The van der Waals surface area contributed by atoms with E-state index in [-0.39, 0.29) is 28.3 Å². The van der Waals surface area contributed by atoms with Gasteiger partial charge < -0.3 is 19.8 Å². The summed E-state index contributed by atoms with van der Waals surface area (Å²) in [6, 6.07) is 12.2. The number of amides is 3. The number of benzene rings is 2. The Bertz CT molecular complexity index is 1460. The fourth-order valence-electron chi connectivity index (χ4n) is 4.06. The molecule has 1 unspecified atom stereocenters. The predicted octanol–water partition coefficient (Wildman–Crippen LogP) is 4.81. The molecular formula is C27H24Cl2N6O5. The second kappa shape index (κ2) is 12.7. The molecular weight excluding hydrogens is 559 g/mol. The quantitative estimate of drug-likeness (QED) is 0.358. The summed E-state index contributed by atoms with van der Waals surface area (Å²) in [4.78, 5) is 42.6. The van der Waals surface area contributed by atoms with Crippen molar-refractivity contribution in [1.82, 2.24) is 15.3 Å². The van der Waals surface area contributed by atoms with E-state index in [0.29, 0.717) is 30.0 Å². The third kappa shape index (κ3) is 6.43. The molecule has 3 amide bonds. The molecule has 11 nitrogen and oxygen atoms in total. The number of anilines is 2. The van der Waals surface area contributed by atoms with Gasteiger partial charge in [0, 0.05) is 37.2 Å². The minimum atomic E-state index is -1.37. The van der Waals surface area contributed by atoms with E-state index in [2.05, 4.69) is 15.1 Å². The van der Waals surface area contributed by atoms with E-state index in [1.165, 1.54) is 24.2 Å². The number of hydrogen-bond acceptors (Lipinski definition) is 9. The van der Waals surface area contributed by atoms with Gasteiger partial charge in [-0.25, -0.2) is 9.80 Å². The van der Waals surface area contributed by atoms with Crippen molar-refractivity contribution in [3.63, 3.8) is 0 Å². The predicted molar refractivity (Wildman–Crippen MR) is 149 cm³/mol. The molecule has 1 atom stereocenters. The Balaban J connectivity index is 1.46. The Morgan fingerprint density at radius 2 is 1.88 bits per heavy atom. The molecule has 206 valence electrons. The number of halogens is 2. The molecule has 1 aromatic heterocycles. The first-order valence-electron chi connectivity index (χ1n) is 12.1. The number of carbonyl (C=O) groups excluding carboxylic acids is 3. The molecule has 2 N–H and O–H groups in total. The van der Waals surface area contributed by atoms with Crippen LogP contribution in [0.2, 0.25) is 10.0 Å². The molecule has 0 spiro atoms. The fourth-order valence-corrected chi connectivity index (χ4v) is 4.63. The lowest BCUT2D eigenvalue weighted by molar-refractivity contribution is -0.123. The van der Waals surface area contributed by atoms with E-state index in [1.807, 2.05) is 5.32 Å². The van der Waals surface area contributed by atoms with Gasteiger partial charge in [0.25, 0.3) is 11.8 Å². The van der Waals surface area contributed by atoms with Crippen molar-refractivity contribution in [2.75, 3.05) is 30.5 Å². The number of nitrogens with zero attached hydrogens (tertiary/aromatic N) is 4. The first-order chi connectivity index (χ1) is 19.2. The smallest absolute Gasteiger partial charge is 0.413 e. The van der Waals surface area contributed by atoms with Crippen LogP contribution in [0.3, 0.4) is 0 Å². The van der Waals surface area contributed by atoms with Crippen molar-refractivity contribution in [3.8, 4) is 17.6 Å². The van der Waals surface area contributed by atoms with Crippen LogP contribution in [0, 0.1) is 11.3 Å². The molecule has 0 saturated carbocycles. The van der Waals surface area contributed by atoms with Gasteiger partial charge in [-0.3, -0.25) is 19.9 Å². The van der Waals surface area contributed by atoms with Gasteiger partial charge in [-0.2, -0.15) is 5.26 Å². The second-order valence-electron chi connectivity index (χ2n) is 8.57. The molecule has 4 rings (SSSR count). The van der Waals surface area contributed by atoms with Crippen LogP contribution in [0.5, 0.6) is 11.5 Å². The maximum Gasteiger partial charge on any atom is 0.413 e. The highest BCUT2D eigenvalue weighted by Crippen LogP contribution is 2.40. The molecule has 0 bridgehead atoms. The number of carbonyl (C=O) groups is 3. The number of pyridine rings is 1. The van der Waals surface area contributed by atoms with Crippen LogP contribution in [0.15, 0.2) is 54.9 Å². The zero-order valence-electron chi connectivity index (χ0n) is 21.5. The highest BCUT2D eigenvalue weighted by molar-refractivity contribution is 6.37. The van der Waals surface area contributed by atoms with Crippen molar-refractivity contribution in [3.05, 3.63) is 76.0 Å². The van der Waals surface area contributed by atoms with E-state index in [0.717, 1.165) is 11.3 Å². The topological polar surface area (TPSA) is 137 Å². The molecule has 40 heavy (non-hydrogen) atoms. The molecule has 3 aromatic rings. The maximum absolute atomic E-state index is 13.1. The van der Waals surface area contributed by atoms with E-state index in [1.54, 1.807) is 60.6 Å². The minimum Gasteiger partial charge on any atom is -0.454 e. The van der Waals surface area contributed by atoms with Crippen molar-refractivity contribution in [1.29, 1.82) is 5.26 Å². The van der Waals surface area contributed by atoms with Gasteiger partial charge in [0.05, 0.1) is 28.4 Å². The van der Waals surface area contributed by atoms with Crippen LogP contribution in [0.4, 0.5) is 16.2 Å². The number of rotatable bonds is 8. The Kier molecular flexibility index (Phi) is 9.06. The van der Waals surface area contributed by atoms with Crippen molar-refractivity contribution in [2.24, 2.45) is 0 Å². The van der Waals surface area contributed by atoms with Crippen molar-refractivity contribution >= 4 is 52.5 Å². The number of hydrazine groups is 1. The molecule has 0 aliphatic carbocycles. The number of aromatic nitrogens is 1. The fraction of sp³-hybridized carbons (Fsp3) is 0.222. The summed E-state index contributed by atoms with van der Waals surface area (Å²) < 4.78 is 10.6. The van der Waals surface area contributed by atoms with Crippen molar-refractivity contribution < 1.29 is 23.9 Å². The van der Waals surface area contributed by atoms with Crippen LogP contribution < -0.4 is 20.4 Å². The van der Waals surface area contributed by atoms with Crippen LogP contribution in [0.25, 0.3) is 0 Å². The number of nitriles is 1. The number of hydrogen-bond donors (Lipinski definition) is 2. The van der Waals surface area contributed by atoms with Gasteiger partial charge in [0.1, 0.15) is 5.75 Å². The SMILES string of the molecule is CCOC(=O)NC(=O)C(C#N)N(C)Nc1cc(Cl)c(Oc2ccc3c(c2)CCN(c2ccncc2)C3=O)c(Cl)c1. The number of ether oxygens (including phenoxy) is 2. The highest BCUT2D eigenvalue weighted by atomic mass is 35.5. The number of likely N-dealkylation sites (N-methyl/N-ethyl adjacent to an activating group) is 1. The molecule has 0 saturated heterocycles. The van der Waals surface area contributed by atoms with Crippen LogP contribution >= 0.6 is 23.2 Å². The Hall–Kier alpha value is -4.37. The Labute approximate surface area is 240 Å². The molecule has 2 heterocycles. The van der Waals surface area contributed by atoms with Crippen LogP contribution in [-0.4, -0.2) is 54.1 Å². The van der Waals surface area contributed by atoms with Gasteiger partial charge in [-0.05, 0) is 61.4 Å². The first kappa shape index (κ1) is 28.6. The molecule has 0 radical (unpaired) electrons. The first-order valence-corrected chi connectivity index (χ1v) is 12.9. The molecule has 1 aliphatic heterocycles. The van der Waals surface area contributed by atoms with Gasteiger partial charge in [0.2, 0.25) is 0 Å². The summed E-state index contributed by atoms with van der Waals surface area (Å²) in [5.74, 6) is -0.344. The lowest BCUT2D eigenvalue weighted by atomic mass is 9.98. The molecule has 0 fully saturated rings. The van der Waals surface area contributed by atoms with Gasteiger partial charge in [-0.1, -0.05) is 23.2 Å². The summed E-state index contributed by atoms with van der Waals surface area (Å²) >= 11 is 12.9. The van der Waals surface area contributed by atoms with Gasteiger partial charge in [-0.15, -0.1) is 0 Å². The van der Waals surface area contributed by atoms with E-state index < -0.39 is 18.0 Å². The number of alkyl carbamates (subject to hydrolysis) is 1. The summed E-state index contributed by atoms with van der Waals surface area (Å²) in [6.45, 7) is 2.17. The number of nitrogens with one attached hydrogen (secondary N) is 2. The normalized spacial score (nSPS) is 13.2. The number of imide groups is 1. The number of fused-ring (bicyclic) bond motifs is 1. The molecule has 13 heteroatoms. The third-order valence-electron chi connectivity index (χ3n) is 5.91. The summed E-state index contributed by atoms with van der Waals surface area (Å²) in [5.41, 5.74) is 5.40. The van der Waals surface area contributed by atoms with Gasteiger partial charge in [0.15, 0.2) is 11.8 Å². The third-order valence-corrected chi connectivity index (χ3v) is 6.48. The Morgan fingerprint density at radius 3 is 2.52 bits per heavy atom. The second-order valence-corrected chi connectivity index (χ2v) is 9.38. The lowest BCUT2D eigenvalue weighted by Crippen LogP contribution is -2.48. The zero-order chi connectivity index (χ0) is 28.8. The summed E-state index contributed by atoms with van der Waals surface area (Å²) in [5, 5.41) is 12.9. The zero-order valence-corrected chi connectivity index (χ0v) is 23.0. The van der Waals surface area contributed by atoms with E-state index in [4.69, 9.17) is 27.9 Å². The van der Waals surface area contributed by atoms with E-state index in [9.17, 15) is 19.6 Å². The monoisotopic (exact) mass is 582 g/mol.